The van der Waals surface area contributed by atoms with Crippen LogP contribution in [0.25, 0.3) is 10.9 Å². The van der Waals surface area contributed by atoms with Crippen molar-refractivity contribution in [1.29, 1.82) is 0 Å². The van der Waals surface area contributed by atoms with E-state index in [1.54, 1.807) is 0 Å². The molecule has 1 aromatic heterocycles. The summed E-state index contributed by atoms with van der Waals surface area (Å²) in [5.74, 6) is -0.664. The summed E-state index contributed by atoms with van der Waals surface area (Å²) in [6.45, 7) is 6.59. The van der Waals surface area contributed by atoms with E-state index in [0.29, 0.717) is 25.2 Å². The Kier molecular flexibility index (Phi) is 7.07. The minimum atomic E-state index is -0.739. The van der Waals surface area contributed by atoms with Gasteiger partial charge in [-0.3, -0.25) is 14.3 Å². The van der Waals surface area contributed by atoms with Gasteiger partial charge in [-0.1, -0.05) is 69.3 Å². The van der Waals surface area contributed by atoms with Gasteiger partial charge in [0, 0.05) is 18.5 Å². The maximum absolute atomic E-state index is 13.2. The largest absolute Gasteiger partial charge is 0.396 e. The Labute approximate surface area is 182 Å². The van der Waals surface area contributed by atoms with Gasteiger partial charge in [-0.25, -0.2) is 0 Å². The first-order chi connectivity index (χ1) is 14.8. The molecule has 1 unspecified atom stereocenters. The third-order valence-electron chi connectivity index (χ3n) is 5.09. The van der Waals surface area contributed by atoms with E-state index < -0.39 is 11.5 Å². The van der Waals surface area contributed by atoms with E-state index in [9.17, 15) is 9.59 Å². The van der Waals surface area contributed by atoms with E-state index >= 15 is 0 Å². The monoisotopic (exact) mass is 422 g/mol. The lowest BCUT2D eigenvalue weighted by Crippen LogP contribution is -2.53. The number of rotatable bonds is 8. The number of aromatic nitrogens is 2. The van der Waals surface area contributed by atoms with Crippen molar-refractivity contribution < 1.29 is 14.7 Å². The van der Waals surface area contributed by atoms with E-state index in [-0.39, 0.29) is 18.4 Å². The fraction of sp³-hybridized carbons (Fsp3) is 0.375. The van der Waals surface area contributed by atoms with Crippen LogP contribution in [0.5, 0.6) is 0 Å². The number of fused-ring (bicyclic) bond motifs is 1. The molecule has 3 N–H and O–H groups in total. The summed E-state index contributed by atoms with van der Waals surface area (Å²) in [5.41, 5.74) is 1.74. The summed E-state index contributed by atoms with van der Waals surface area (Å²) in [6, 6.07) is 16.8. The average molecular weight is 423 g/mol. The zero-order valence-electron chi connectivity index (χ0n) is 18.3. The van der Waals surface area contributed by atoms with Crippen LogP contribution in [0.2, 0.25) is 0 Å². The lowest BCUT2D eigenvalue weighted by molar-refractivity contribution is -0.125. The molecule has 0 aliphatic carbocycles. The molecule has 0 aliphatic rings. The Morgan fingerprint density at radius 2 is 1.74 bits per heavy atom. The van der Waals surface area contributed by atoms with Crippen LogP contribution in [0.15, 0.2) is 54.6 Å². The molecule has 2 amide bonds. The molecule has 1 atom stereocenters. The first-order valence-electron chi connectivity index (χ1n) is 10.5. The number of amides is 2. The lowest BCUT2D eigenvalue weighted by Gasteiger charge is -2.30. The number of para-hydroxylation sites is 1. The number of aliphatic hydroxyl groups is 1. The summed E-state index contributed by atoms with van der Waals surface area (Å²) in [6.07, 6.45) is 0.463. The van der Waals surface area contributed by atoms with Crippen LogP contribution >= 0.6 is 0 Å². The highest BCUT2D eigenvalue weighted by Gasteiger charge is 2.33. The third-order valence-corrected chi connectivity index (χ3v) is 5.09. The first-order valence-corrected chi connectivity index (χ1v) is 10.5. The molecule has 0 spiro atoms. The highest BCUT2D eigenvalue weighted by atomic mass is 16.3. The Morgan fingerprint density at radius 3 is 2.42 bits per heavy atom. The number of nitrogens with one attached hydrogen (secondary N) is 2. The predicted octanol–water partition coefficient (Wildman–Crippen LogP) is 2.73. The topological polar surface area (TPSA) is 96.2 Å². The van der Waals surface area contributed by atoms with Crippen LogP contribution in [-0.2, 0) is 11.3 Å². The average Bonchev–Trinajstić information content (AvgIpc) is 3.10. The van der Waals surface area contributed by atoms with E-state index in [1.807, 2.05) is 80.1 Å². The third kappa shape index (κ3) is 5.49. The molecule has 7 nitrogen and oxygen atoms in total. The van der Waals surface area contributed by atoms with Crippen LogP contribution in [0.4, 0.5) is 0 Å². The summed E-state index contributed by atoms with van der Waals surface area (Å²) in [5, 5.41) is 19.9. The smallest absolute Gasteiger partial charge is 0.273 e. The zero-order chi connectivity index (χ0) is 22.4. The second-order valence-corrected chi connectivity index (χ2v) is 8.65. The molecule has 0 aliphatic heterocycles. The quantitative estimate of drug-likeness (QED) is 0.487. The summed E-state index contributed by atoms with van der Waals surface area (Å²) in [4.78, 5) is 25.9. The van der Waals surface area contributed by atoms with Gasteiger partial charge in [0.2, 0.25) is 5.91 Å². The fourth-order valence-electron chi connectivity index (χ4n) is 3.44. The van der Waals surface area contributed by atoms with Crippen molar-refractivity contribution in [3.8, 4) is 0 Å². The molecule has 0 fully saturated rings. The van der Waals surface area contributed by atoms with Gasteiger partial charge in [-0.15, -0.1) is 0 Å². The Morgan fingerprint density at radius 1 is 1.06 bits per heavy atom. The fourth-order valence-corrected chi connectivity index (χ4v) is 3.44. The Hall–Kier alpha value is -3.19. The van der Waals surface area contributed by atoms with Crippen molar-refractivity contribution in [3.63, 3.8) is 0 Å². The van der Waals surface area contributed by atoms with Crippen LogP contribution < -0.4 is 10.6 Å². The van der Waals surface area contributed by atoms with Crippen LogP contribution in [0.1, 0.15) is 43.2 Å². The molecule has 31 heavy (non-hydrogen) atoms. The standard InChI is InChI=1S/C24H30N4O3/c1-24(2,3)21(23(31)25-14-9-15-29)26-22(30)20-18-12-7-8-13-19(18)28(27-20)16-17-10-5-4-6-11-17/h4-8,10-13,21,29H,9,14-16H2,1-3H3,(H,25,31)(H,26,30). The van der Waals surface area contributed by atoms with Gasteiger partial charge in [0.15, 0.2) is 5.69 Å². The summed E-state index contributed by atoms with van der Waals surface area (Å²) in [7, 11) is 0. The van der Waals surface area contributed by atoms with Crippen molar-refractivity contribution in [2.24, 2.45) is 5.41 Å². The SMILES string of the molecule is CC(C)(C)C(NC(=O)c1nn(Cc2ccccc2)c2ccccc12)C(=O)NCCCO. The predicted molar refractivity (Wildman–Crippen MR) is 121 cm³/mol. The lowest BCUT2D eigenvalue weighted by atomic mass is 9.86. The van der Waals surface area contributed by atoms with Gasteiger partial charge in [-0.2, -0.15) is 5.10 Å². The maximum atomic E-state index is 13.2. The molecule has 0 radical (unpaired) electrons. The number of hydrogen-bond donors (Lipinski definition) is 3. The number of carbonyl (C=O) groups is 2. The number of benzene rings is 2. The van der Waals surface area contributed by atoms with Crippen molar-refractivity contribution >= 4 is 22.7 Å². The van der Waals surface area contributed by atoms with Crippen molar-refractivity contribution in [1.82, 2.24) is 20.4 Å². The molecule has 3 rings (SSSR count). The van der Waals surface area contributed by atoms with Crippen molar-refractivity contribution in [2.75, 3.05) is 13.2 Å². The van der Waals surface area contributed by atoms with E-state index in [4.69, 9.17) is 5.11 Å². The van der Waals surface area contributed by atoms with Gasteiger partial charge in [0.1, 0.15) is 6.04 Å². The number of nitrogens with zero attached hydrogens (tertiary/aromatic N) is 2. The van der Waals surface area contributed by atoms with Crippen molar-refractivity contribution in [3.05, 3.63) is 65.9 Å². The van der Waals surface area contributed by atoms with Crippen molar-refractivity contribution in [2.45, 2.75) is 39.8 Å². The molecule has 1 heterocycles. The molecule has 164 valence electrons. The summed E-state index contributed by atoms with van der Waals surface area (Å²) >= 11 is 0. The highest BCUT2D eigenvalue weighted by Crippen LogP contribution is 2.23. The van der Waals surface area contributed by atoms with Crippen LogP contribution in [0.3, 0.4) is 0 Å². The highest BCUT2D eigenvalue weighted by molar-refractivity contribution is 6.06. The van der Waals surface area contributed by atoms with Crippen LogP contribution in [0, 0.1) is 5.41 Å². The second kappa shape index (κ2) is 9.75. The second-order valence-electron chi connectivity index (χ2n) is 8.65. The normalized spacial score (nSPS) is 12.5. The molecule has 0 saturated carbocycles. The Balaban J connectivity index is 1.88. The number of carbonyl (C=O) groups excluding carboxylic acids is 2. The van der Waals surface area contributed by atoms with Gasteiger partial charge in [0.25, 0.3) is 5.91 Å². The molecule has 7 heteroatoms. The first kappa shape index (κ1) is 22.5. The maximum Gasteiger partial charge on any atom is 0.273 e. The van der Waals surface area contributed by atoms with Gasteiger partial charge in [0.05, 0.1) is 12.1 Å². The van der Waals surface area contributed by atoms with Gasteiger partial charge in [-0.05, 0) is 23.5 Å². The van der Waals surface area contributed by atoms with Gasteiger partial charge < -0.3 is 15.7 Å². The molecule has 0 saturated heterocycles. The number of hydrogen-bond acceptors (Lipinski definition) is 4. The molecule has 0 bridgehead atoms. The van der Waals surface area contributed by atoms with Gasteiger partial charge >= 0.3 is 0 Å². The van der Waals surface area contributed by atoms with E-state index in [2.05, 4.69) is 15.7 Å². The molecular formula is C24H30N4O3. The molecule has 3 aromatic rings. The van der Waals surface area contributed by atoms with Crippen LogP contribution in [-0.4, -0.2) is 45.9 Å². The van der Waals surface area contributed by atoms with E-state index in [0.717, 1.165) is 16.5 Å². The minimum absolute atomic E-state index is 0.00232. The molecular weight excluding hydrogens is 392 g/mol. The van der Waals surface area contributed by atoms with E-state index in [1.165, 1.54) is 0 Å². The minimum Gasteiger partial charge on any atom is -0.396 e. The zero-order valence-corrected chi connectivity index (χ0v) is 18.3. The molecule has 2 aromatic carbocycles. The number of aliphatic hydroxyl groups excluding tert-OH is 1. The summed E-state index contributed by atoms with van der Waals surface area (Å²) < 4.78 is 1.81. The Bertz CT molecular complexity index is 1040.